The molecule has 4 rings (SSSR count). The number of amides is 1. The molecule has 1 aromatic carbocycles. The molecule has 1 N–H and O–H groups in total. The Balaban J connectivity index is 1.82. The second kappa shape index (κ2) is 9.15. The number of carbonyl (C=O) groups is 1. The predicted molar refractivity (Wildman–Crippen MR) is 117 cm³/mol. The van der Waals surface area contributed by atoms with Crippen LogP contribution in [0.4, 0.5) is 4.39 Å². The van der Waals surface area contributed by atoms with Gasteiger partial charge in [-0.05, 0) is 43.7 Å². The first-order chi connectivity index (χ1) is 15.5. The van der Waals surface area contributed by atoms with Crippen molar-refractivity contribution in [3.8, 4) is 11.5 Å². The van der Waals surface area contributed by atoms with E-state index in [-0.39, 0.29) is 12.5 Å². The van der Waals surface area contributed by atoms with Crippen LogP contribution < -0.4 is 10.9 Å². The molecule has 0 saturated carbocycles. The van der Waals surface area contributed by atoms with Crippen molar-refractivity contribution in [2.24, 2.45) is 0 Å². The summed E-state index contributed by atoms with van der Waals surface area (Å²) in [5.41, 5.74) is 0.880. The van der Waals surface area contributed by atoms with Gasteiger partial charge >= 0.3 is 0 Å². The van der Waals surface area contributed by atoms with Crippen molar-refractivity contribution in [2.45, 2.75) is 19.9 Å². The van der Waals surface area contributed by atoms with Gasteiger partial charge < -0.3 is 14.6 Å². The number of nitrogens with one attached hydrogen (secondary N) is 1. The van der Waals surface area contributed by atoms with Gasteiger partial charge in [-0.1, -0.05) is 6.07 Å². The maximum absolute atomic E-state index is 13.9. The first-order valence-electron chi connectivity index (χ1n) is 10.1. The maximum atomic E-state index is 13.9. The average molecular weight is 438 g/mol. The summed E-state index contributed by atoms with van der Waals surface area (Å²) in [6.07, 6.45) is 4.21. The minimum atomic E-state index is -0.455. The van der Waals surface area contributed by atoms with E-state index in [0.29, 0.717) is 47.7 Å². The van der Waals surface area contributed by atoms with Gasteiger partial charge in [-0.25, -0.2) is 13.8 Å². The number of aromatic nitrogens is 5. The number of aryl methyl sites for hydroxylation is 1. The third-order valence-electron chi connectivity index (χ3n) is 4.97. The zero-order valence-electron chi connectivity index (χ0n) is 17.8. The molecular formula is C22H23FN6O3. The lowest BCUT2D eigenvalue weighted by atomic mass is 10.2. The molecule has 4 aromatic rings. The highest BCUT2D eigenvalue weighted by Gasteiger charge is 2.22. The van der Waals surface area contributed by atoms with Crippen molar-refractivity contribution >= 4 is 16.8 Å². The van der Waals surface area contributed by atoms with Crippen LogP contribution in [0.1, 0.15) is 12.1 Å². The Kier molecular flexibility index (Phi) is 6.13. The number of rotatable bonds is 8. The van der Waals surface area contributed by atoms with Crippen LogP contribution in [0.15, 0.2) is 53.6 Å². The molecule has 0 aliphatic heterocycles. The second-order valence-corrected chi connectivity index (χ2v) is 7.27. The van der Waals surface area contributed by atoms with Gasteiger partial charge in [0.1, 0.15) is 23.3 Å². The summed E-state index contributed by atoms with van der Waals surface area (Å²) in [5.74, 6) is -0.298. The lowest BCUT2D eigenvalue weighted by molar-refractivity contribution is -0.121. The van der Waals surface area contributed by atoms with E-state index >= 15 is 0 Å². The van der Waals surface area contributed by atoms with Crippen LogP contribution in [0.2, 0.25) is 0 Å². The molecule has 3 heterocycles. The number of fused-ring (bicyclic) bond motifs is 1. The number of methoxy groups -OCH3 is 1. The number of benzene rings is 1. The van der Waals surface area contributed by atoms with E-state index in [9.17, 15) is 14.0 Å². The van der Waals surface area contributed by atoms with E-state index in [0.717, 1.165) is 4.68 Å². The monoisotopic (exact) mass is 438 g/mol. The summed E-state index contributed by atoms with van der Waals surface area (Å²) in [6, 6.07) is 9.59. The van der Waals surface area contributed by atoms with E-state index in [1.54, 1.807) is 43.1 Å². The van der Waals surface area contributed by atoms with Gasteiger partial charge in [-0.15, -0.1) is 0 Å². The zero-order chi connectivity index (χ0) is 22.7. The topological polar surface area (TPSA) is 96.0 Å². The van der Waals surface area contributed by atoms with Gasteiger partial charge in [0, 0.05) is 32.7 Å². The molecule has 1 amide bonds. The first kappa shape index (κ1) is 21.4. The molecule has 32 heavy (non-hydrogen) atoms. The molecule has 0 atom stereocenters. The Hall–Kier alpha value is -3.79. The summed E-state index contributed by atoms with van der Waals surface area (Å²) in [6.45, 7) is 2.47. The minimum Gasteiger partial charge on any atom is -0.385 e. The predicted octanol–water partition coefficient (Wildman–Crippen LogP) is 1.97. The van der Waals surface area contributed by atoms with E-state index in [2.05, 4.69) is 15.5 Å². The molecule has 0 aliphatic carbocycles. The normalized spacial score (nSPS) is 11.2. The first-order valence-corrected chi connectivity index (χ1v) is 10.1. The fraction of sp³-hybridized carbons (Fsp3) is 0.273. The van der Waals surface area contributed by atoms with Crippen LogP contribution in [0.5, 0.6) is 0 Å². The number of halogens is 1. The van der Waals surface area contributed by atoms with Crippen LogP contribution in [-0.4, -0.2) is 50.3 Å². The van der Waals surface area contributed by atoms with Crippen LogP contribution in [0.3, 0.4) is 0 Å². The highest BCUT2D eigenvalue weighted by molar-refractivity contribution is 5.88. The van der Waals surface area contributed by atoms with Gasteiger partial charge in [0.05, 0.1) is 11.4 Å². The van der Waals surface area contributed by atoms with Gasteiger partial charge in [0.25, 0.3) is 5.56 Å². The average Bonchev–Trinajstić information content (AvgIpc) is 3.43. The van der Waals surface area contributed by atoms with Crippen molar-refractivity contribution in [3.05, 3.63) is 70.7 Å². The highest BCUT2D eigenvalue weighted by Crippen LogP contribution is 2.24. The van der Waals surface area contributed by atoms with E-state index in [1.807, 2.05) is 12.1 Å². The Bertz CT molecular complexity index is 1310. The molecule has 0 radical (unpaired) electrons. The third kappa shape index (κ3) is 4.17. The Morgan fingerprint density at radius 3 is 2.69 bits per heavy atom. The third-order valence-corrected chi connectivity index (χ3v) is 4.97. The summed E-state index contributed by atoms with van der Waals surface area (Å²) in [5, 5.41) is 11.9. The Morgan fingerprint density at radius 2 is 1.97 bits per heavy atom. The molecule has 0 bridgehead atoms. The molecule has 3 aromatic heterocycles. The van der Waals surface area contributed by atoms with Crippen LogP contribution >= 0.6 is 0 Å². The number of hydrogen-bond acceptors (Lipinski definition) is 5. The number of ether oxygens (including phenoxy) is 1. The molecule has 0 spiro atoms. The number of nitrogens with zero attached hydrogens (tertiary/aromatic N) is 5. The van der Waals surface area contributed by atoms with Crippen molar-refractivity contribution in [1.82, 2.24) is 29.4 Å². The lowest BCUT2D eigenvalue weighted by Crippen LogP contribution is -2.34. The lowest BCUT2D eigenvalue weighted by Gasteiger charge is -2.10. The van der Waals surface area contributed by atoms with Crippen molar-refractivity contribution in [2.75, 3.05) is 20.3 Å². The van der Waals surface area contributed by atoms with Gasteiger partial charge in [-0.2, -0.15) is 10.2 Å². The van der Waals surface area contributed by atoms with Crippen molar-refractivity contribution in [3.63, 3.8) is 0 Å². The summed E-state index contributed by atoms with van der Waals surface area (Å²) < 4.78 is 23.3. The maximum Gasteiger partial charge on any atom is 0.280 e. The quantitative estimate of drug-likeness (QED) is 0.425. The van der Waals surface area contributed by atoms with Gasteiger partial charge in [0.2, 0.25) is 5.91 Å². The second-order valence-electron chi connectivity index (χ2n) is 7.27. The summed E-state index contributed by atoms with van der Waals surface area (Å²) in [4.78, 5) is 25.7. The smallest absolute Gasteiger partial charge is 0.280 e. The summed E-state index contributed by atoms with van der Waals surface area (Å²) >= 11 is 0. The zero-order valence-corrected chi connectivity index (χ0v) is 17.8. The molecule has 166 valence electrons. The van der Waals surface area contributed by atoms with E-state index in [1.165, 1.54) is 16.8 Å². The molecular weight excluding hydrogens is 415 g/mol. The number of carbonyl (C=O) groups excluding carboxylic acids is 1. The molecule has 0 fully saturated rings. The fourth-order valence-corrected chi connectivity index (χ4v) is 3.51. The van der Waals surface area contributed by atoms with Gasteiger partial charge in [0.15, 0.2) is 5.82 Å². The molecule has 0 aliphatic rings. The Labute approximate surface area is 183 Å². The van der Waals surface area contributed by atoms with Crippen LogP contribution in [0.25, 0.3) is 22.4 Å². The number of hydrogen-bond donors (Lipinski definition) is 1. The van der Waals surface area contributed by atoms with E-state index < -0.39 is 11.4 Å². The molecule has 9 nitrogen and oxygen atoms in total. The standard InChI is InChI=1S/C22H23FN6O3/c1-15-20-19(22(31)28(25-15)14-18(30)24-9-6-12-32-2)21(27-10-3-4-11-27)29(26-20)17-8-5-7-16(23)13-17/h3-5,7-8,10-11,13H,6,9,12,14H2,1-2H3,(H,24,30). The van der Waals surface area contributed by atoms with Crippen LogP contribution in [0, 0.1) is 12.7 Å². The van der Waals surface area contributed by atoms with Gasteiger partial charge in [-0.3, -0.25) is 9.59 Å². The highest BCUT2D eigenvalue weighted by atomic mass is 19.1. The molecule has 0 unspecified atom stereocenters. The van der Waals surface area contributed by atoms with Crippen LogP contribution in [-0.2, 0) is 16.1 Å². The fourth-order valence-electron chi connectivity index (χ4n) is 3.51. The summed E-state index contributed by atoms with van der Waals surface area (Å²) in [7, 11) is 1.59. The molecule has 10 heteroatoms. The van der Waals surface area contributed by atoms with Crippen molar-refractivity contribution in [1.29, 1.82) is 0 Å². The van der Waals surface area contributed by atoms with Crippen molar-refractivity contribution < 1.29 is 13.9 Å². The van der Waals surface area contributed by atoms with E-state index in [4.69, 9.17) is 4.74 Å². The SMILES string of the molecule is COCCCNC(=O)Cn1nc(C)c2nn(-c3cccc(F)c3)c(-n3cccc3)c2c1=O. The minimum absolute atomic E-state index is 0.223. The molecule has 0 saturated heterocycles. The largest absolute Gasteiger partial charge is 0.385 e. The Morgan fingerprint density at radius 1 is 1.19 bits per heavy atom.